The minimum absolute atomic E-state index is 0.0559. The van der Waals surface area contributed by atoms with Crippen LogP contribution in [0.3, 0.4) is 0 Å². The minimum atomic E-state index is -4.87. The van der Waals surface area contributed by atoms with Gasteiger partial charge in [-0.3, -0.25) is 9.59 Å². The molecule has 0 atom stereocenters. The molecule has 0 aromatic rings. The number of hydrogen-bond acceptors (Lipinski definition) is 2. The second kappa shape index (κ2) is 5.06. The fourth-order valence-electron chi connectivity index (χ4n) is 0.530. The van der Waals surface area contributed by atoms with Crippen molar-refractivity contribution in [1.82, 2.24) is 5.32 Å². The SMILES string of the molecule is O=C(Cl)CCCNC(=O)C(F)(F)F. The molecule has 1 N–H and O–H groups in total. The van der Waals surface area contributed by atoms with Gasteiger partial charge in [-0.25, -0.2) is 0 Å². The summed E-state index contributed by atoms with van der Waals surface area (Å²) in [6.45, 7) is -0.212. The monoisotopic (exact) mass is 217 g/mol. The maximum Gasteiger partial charge on any atom is 0.471 e. The van der Waals surface area contributed by atoms with Crippen LogP contribution in [0.15, 0.2) is 0 Å². The van der Waals surface area contributed by atoms with Gasteiger partial charge in [0, 0.05) is 13.0 Å². The summed E-state index contributed by atoms with van der Waals surface area (Å²) in [5.74, 6) is -2.01. The molecule has 0 radical (unpaired) electrons. The Balaban J connectivity index is 3.55. The van der Waals surface area contributed by atoms with Gasteiger partial charge < -0.3 is 5.32 Å². The molecule has 0 saturated carbocycles. The molecule has 7 heteroatoms. The van der Waals surface area contributed by atoms with E-state index in [1.165, 1.54) is 0 Å². The maximum absolute atomic E-state index is 11.5. The average Bonchev–Trinajstić information content (AvgIpc) is 1.95. The second-order valence-electron chi connectivity index (χ2n) is 2.21. The van der Waals surface area contributed by atoms with Crippen molar-refractivity contribution in [3.63, 3.8) is 0 Å². The Labute approximate surface area is 77.2 Å². The van der Waals surface area contributed by atoms with Gasteiger partial charge in [0.15, 0.2) is 0 Å². The Kier molecular flexibility index (Phi) is 4.76. The Morgan fingerprint density at radius 3 is 2.23 bits per heavy atom. The number of hydrogen-bond donors (Lipinski definition) is 1. The molecule has 76 valence electrons. The first kappa shape index (κ1) is 12.2. The Morgan fingerprint density at radius 2 is 1.85 bits per heavy atom. The first-order valence-corrected chi connectivity index (χ1v) is 3.75. The highest BCUT2D eigenvalue weighted by atomic mass is 35.5. The summed E-state index contributed by atoms with van der Waals surface area (Å²) >= 11 is 4.91. The van der Waals surface area contributed by atoms with E-state index in [1.54, 1.807) is 5.32 Å². The molecule has 0 aliphatic rings. The van der Waals surface area contributed by atoms with Crippen LogP contribution in [0.2, 0.25) is 0 Å². The van der Waals surface area contributed by atoms with E-state index in [1.807, 2.05) is 0 Å². The lowest BCUT2D eigenvalue weighted by molar-refractivity contribution is -0.173. The highest BCUT2D eigenvalue weighted by Gasteiger charge is 2.38. The summed E-state index contributed by atoms with van der Waals surface area (Å²) in [5, 5.41) is 0.965. The van der Waals surface area contributed by atoms with Gasteiger partial charge in [0.1, 0.15) is 0 Å². The maximum atomic E-state index is 11.5. The average molecular weight is 218 g/mol. The van der Waals surface area contributed by atoms with Crippen LogP contribution >= 0.6 is 11.6 Å². The standard InChI is InChI=1S/C6H7ClF3NO2/c7-4(12)2-1-3-11-5(13)6(8,9)10/h1-3H2,(H,11,13). The van der Waals surface area contributed by atoms with Gasteiger partial charge in [-0.1, -0.05) is 0 Å². The van der Waals surface area contributed by atoms with Crippen molar-refractivity contribution >= 4 is 22.8 Å². The number of alkyl halides is 3. The zero-order valence-corrected chi connectivity index (χ0v) is 7.21. The van der Waals surface area contributed by atoms with Crippen LogP contribution < -0.4 is 5.32 Å². The predicted molar refractivity (Wildman–Crippen MR) is 39.2 cm³/mol. The largest absolute Gasteiger partial charge is 0.471 e. The topological polar surface area (TPSA) is 46.2 Å². The summed E-state index contributed by atoms with van der Waals surface area (Å²) in [7, 11) is 0. The van der Waals surface area contributed by atoms with E-state index in [2.05, 4.69) is 0 Å². The van der Waals surface area contributed by atoms with E-state index in [9.17, 15) is 22.8 Å². The number of amides is 1. The number of rotatable bonds is 4. The molecule has 0 bridgehead atoms. The van der Waals surface area contributed by atoms with E-state index in [4.69, 9.17) is 11.6 Å². The number of carbonyl (C=O) groups is 2. The molecule has 0 saturated heterocycles. The number of nitrogens with one attached hydrogen (secondary N) is 1. The fourth-order valence-corrected chi connectivity index (χ4v) is 0.663. The van der Waals surface area contributed by atoms with Gasteiger partial charge in [-0.05, 0) is 18.0 Å². The molecule has 0 rings (SSSR count). The van der Waals surface area contributed by atoms with Crippen molar-refractivity contribution in [3.8, 4) is 0 Å². The van der Waals surface area contributed by atoms with Crippen molar-refractivity contribution in [2.24, 2.45) is 0 Å². The first-order chi connectivity index (χ1) is 5.84. The van der Waals surface area contributed by atoms with E-state index >= 15 is 0 Å². The fraction of sp³-hybridized carbons (Fsp3) is 0.667. The summed E-state index contributed by atoms with van der Waals surface area (Å²) in [4.78, 5) is 20.3. The van der Waals surface area contributed by atoms with Crippen LogP contribution in [-0.4, -0.2) is 23.9 Å². The van der Waals surface area contributed by atoms with Gasteiger partial charge in [-0.15, -0.1) is 0 Å². The zero-order chi connectivity index (χ0) is 10.5. The van der Waals surface area contributed by atoms with Crippen LogP contribution in [0.1, 0.15) is 12.8 Å². The summed E-state index contributed by atoms with van der Waals surface area (Å²) < 4.78 is 34.6. The molecule has 0 heterocycles. The van der Waals surface area contributed by atoms with E-state index < -0.39 is 17.3 Å². The van der Waals surface area contributed by atoms with Crippen molar-refractivity contribution in [1.29, 1.82) is 0 Å². The number of halogens is 4. The lowest BCUT2D eigenvalue weighted by Crippen LogP contribution is -2.37. The van der Waals surface area contributed by atoms with E-state index in [-0.39, 0.29) is 19.4 Å². The van der Waals surface area contributed by atoms with E-state index in [0.717, 1.165) is 0 Å². The van der Waals surface area contributed by atoms with Crippen LogP contribution in [0, 0.1) is 0 Å². The normalized spacial score (nSPS) is 11.1. The van der Waals surface area contributed by atoms with Gasteiger partial charge in [0.25, 0.3) is 0 Å². The summed E-state index contributed by atoms with van der Waals surface area (Å²) in [6, 6.07) is 0. The first-order valence-electron chi connectivity index (χ1n) is 3.37. The van der Waals surface area contributed by atoms with Crippen molar-refractivity contribution in [2.45, 2.75) is 19.0 Å². The van der Waals surface area contributed by atoms with Crippen LogP contribution in [0.25, 0.3) is 0 Å². The molecular weight excluding hydrogens is 211 g/mol. The van der Waals surface area contributed by atoms with Crippen molar-refractivity contribution in [2.75, 3.05) is 6.54 Å². The molecule has 0 aromatic carbocycles. The molecule has 0 aliphatic carbocycles. The van der Waals surface area contributed by atoms with Crippen molar-refractivity contribution in [3.05, 3.63) is 0 Å². The minimum Gasteiger partial charge on any atom is -0.348 e. The molecule has 1 amide bonds. The molecule has 3 nitrogen and oxygen atoms in total. The highest BCUT2D eigenvalue weighted by Crippen LogP contribution is 2.13. The predicted octanol–water partition coefficient (Wildman–Crippen LogP) is 1.21. The third-order valence-electron chi connectivity index (χ3n) is 1.09. The third kappa shape index (κ3) is 6.39. The molecule has 0 aliphatic heterocycles. The quantitative estimate of drug-likeness (QED) is 0.568. The second-order valence-corrected chi connectivity index (χ2v) is 2.63. The lowest BCUT2D eigenvalue weighted by Gasteiger charge is -2.06. The Morgan fingerprint density at radius 1 is 1.31 bits per heavy atom. The van der Waals surface area contributed by atoms with Gasteiger partial charge in [0.2, 0.25) is 5.24 Å². The van der Waals surface area contributed by atoms with Crippen molar-refractivity contribution < 1.29 is 22.8 Å². The molecule has 0 unspecified atom stereocenters. The Hall–Kier alpha value is -0.780. The molecule has 0 fully saturated rings. The van der Waals surface area contributed by atoms with E-state index in [0.29, 0.717) is 0 Å². The number of carbonyl (C=O) groups excluding carboxylic acids is 2. The van der Waals surface area contributed by atoms with Crippen LogP contribution in [0.5, 0.6) is 0 Å². The highest BCUT2D eigenvalue weighted by molar-refractivity contribution is 6.63. The lowest BCUT2D eigenvalue weighted by atomic mass is 10.3. The molecular formula is C6H7ClF3NO2. The summed E-state index contributed by atoms with van der Waals surface area (Å²) in [5.41, 5.74) is 0. The summed E-state index contributed by atoms with van der Waals surface area (Å²) in [6.07, 6.45) is -4.82. The smallest absolute Gasteiger partial charge is 0.348 e. The van der Waals surface area contributed by atoms with Crippen LogP contribution in [-0.2, 0) is 9.59 Å². The third-order valence-corrected chi connectivity index (χ3v) is 1.28. The van der Waals surface area contributed by atoms with Gasteiger partial charge >= 0.3 is 12.1 Å². The van der Waals surface area contributed by atoms with Gasteiger partial charge in [-0.2, -0.15) is 13.2 Å². The van der Waals surface area contributed by atoms with Gasteiger partial charge in [0.05, 0.1) is 0 Å². The zero-order valence-electron chi connectivity index (χ0n) is 6.45. The Bertz CT molecular complexity index is 205. The molecule has 13 heavy (non-hydrogen) atoms. The molecule has 0 spiro atoms. The molecule has 0 aromatic heterocycles. The van der Waals surface area contributed by atoms with Crippen LogP contribution in [0.4, 0.5) is 13.2 Å².